The molecule has 1 aliphatic heterocycles. The van der Waals surface area contributed by atoms with Crippen molar-refractivity contribution < 1.29 is 24.6 Å². The van der Waals surface area contributed by atoms with Crippen LogP contribution in [0.2, 0.25) is 0 Å². The van der Waals surface area contributed by atoms with Gasteiger partial charge in [-0.2, -0.15) is 0 Å². The van der Waals surface area contributed by atoms with Gasteiger partial charge in [0.2, 0.25) is 5.91 Å². The molecule has 0 bridgehead atoms. The Morgan fingerprint density at radius 2 is 1.30 bits per heavy atom. The van der Waals surface area contributed by atoms with Crippen LogP contribution in [-0.2, 0) is 14.4 Å². The van der Waals surface area contributed by atoms with E-state index in [9.17, 15) is 14.4 Å². The van der Waals surface area contributed by atoms with Crippen LogP contribution in [0.15, 0.2) is 0 Å². The van der Waals surface area contributed by atoms with E-state index in [1.54, 1.807) is 14.7 Å². The van der Waals surface area contributed by atoms with Crippen LogP contribution in [0.1, 0.15) is 6.92 Å². The van der Waals surface area contributed by atoms with Gasteiger partial charge in [0.15, 0.2) is 0 Å². The summed E-state index contributed by atoms with van der Waals surface area (Å²) in [5.41, 5.74) is 0. The highest BCUT2D eigenvalue weighted by Crippen LogP contribution is 1.98. The molecule has 1 rings (SSSR count). The minimum absolute atomic E-state index is 0.0355. The van der Waals surface area contributed by atoms with Crippen molar-refractivity contribution in [2.75, 3.05) is 65.4 Å². The Labute approximate surface area is 135 Å². The number of carboxylic acid groups (broad SMARTS) is 2. The number of hydrogen-bond acceptors (Lipinski definition) is 6. The number of carboxylic acids is 2. The molecule has 1 aliphatic rings. The molecule has 0 unspecified atom stereocenters. The maximum absolute atomic E-state index is 11.6. The molecule has 3 N–H and O–H groups in total. The normalized spacial score (nSPS) is 19.6. The molecule has 9 heteroatoms. The fourth-order valence-electron chi connectivity index (χ4n) is 2.47. The average Bonchev–Trinajstić information content (AvgIpc) is 2.43. The maximum Gasteiger partial charge on any atom is 0.317 e. The molecule has 0 saturated carbocycles. The third-order valence-corrected chi connectivity index (χ3v) is 3.74. The number of carbonyl (C=O) groups excluding carboxylic acids is 1. The maximum atomic E-state index is 11.6. The molecular weight excluding hydrogens is 304 g/mol. The lowest BCUT2D eigenvalue weighted by Crippen LogP contribution is -2.47. The van der Waals surface area contributed by atoms with Crippen LogP contribution in [-0.4, -0.2) is 108 Å². The van der Waals surface area contributed by atoms with Gasteiger partial charge in [-0.15, -0.1) is 0 Å². The molecular formula is C14H26N4O5. The Kier molecular flexibility index (Phi) is 8.52. The van der Waals surface area contributed by atoms with E-state index in [0.717, 1.165) is 0 Å². The minimum atomic E-state index is -0.932. The lowest BCUT2D eigenvalue weighted by molar-refractivity contribution is -0.140. The van der Waals surface area contributed by atoms with Gasteiger partial charge in [0.1, 0.15) is 0 Å². The van der Waals surface area contributed by atoms with Crippen molar-refractivity contribution in [1.29, 1.82) is 0 Å². The van der Waals surface area contributed by atoms with Gasteiger partial charge < -0.3 is 20.4 Å². The summed E-state index contributed by atoms with van der Waals surface area (Å²) in [6.45, 7) is 5.51. The van der Waals surface area contributed by atoms with Crippen LogP contribution in [0.4, 0.5) is 0 Å². The summed E-state index contributed by atoms with van der Waals surface area (Å²) in [7, 11) is 0. The molecule has 1 saturated heterocycles. The molecule has 0 aromatic carbocycles. The number of nitrogens with one attached hydrogen (secondary N) is 1. The minimum Gasteiger partial charge on any atom is -0.480 e. The molecule has 23 heavy (non-hydrogen) atoms. The first-order valence-electron chi connectivity index (χ1n) is 7.73. The number of aliphatic carboxylic acids is 2. The van der Waals surface area contributed by atoms with Crippen LogP contribution in [0, 0.1) is 0 Å². The Morgan fingerprint density at radius 1 is 0.826 bits per heavy atom. The highest BCUT2D eigenvalue weighted by Gasteiger charge is 2.17. The second kappa shape index (κ2) is 10.1. The molecule has 0 aromatic heterocycles. The first-order valence-corrected chi connectivity index (χ1v) is 7.73. The highest BCUT2D eigenvalue weighted by molar-refractivity contribution is 5.73. The average molecular weight is 330 g/mol. The molecule has 9 nitrogen and oxygen atoms in total. The van der Waals surface area contributed by atoms with Crippen molar-refractivity contribution in [1.82, 2.24) is 20.0 Å². The van der Waals surface area contributed by atoms with Crippen LogP contribution in [0.5, 0.6) is 0 Å². The zero-order valence-corrected chi connectivity index (χ0v) is 13.5. The Hall–Kier alpha value is -1.71. The lowest BCUT2D eigenvalue weighted by Gasteiger charge is -2.30. The van der Waals surface area contributed by atoms with Gasteiger partial charge in [0, 0.05) is 59.3 Å². The summed E-state index contributed by atoms with van der Waals surface area (Å²) in [4.78, 5) is 38.7. The van der Waals surface area contributed by atoms with Crippen molar-refractivity contribution in [3.8, 4) is 0 Å². The third kappa shape index (κ3) is 8.48. The summed E-state index contributed by atoms with van der Waals surface area (Å²) in [5, 5.41) is 21.1. The van der Waals surface area contributed by atoms with Gasteiger partial charge in [-0.25, -0.2) is 0 Å². The predicted molar refractivity (Wildman–Crippen MR) is 83.3 cm³/mol. The molecule has 132 valence electrons. The van der Waals surface area contributed by atoms with Crippen LogP contribution < -0.4 is 5.32 Å². The summed E-state index contributed by atoms with van der Waals surface area (Å²) in [5.74, 6) is -1.87. The lowest BCUT2D eigenvalue weighted by atomic mass is 10.3. The molecule has 1 heterocycles. The second-order valence-electron chi connectivity index (χ2n) is 5.60. The van der Waals surface area contributed by atoms with E-state index < -0.39 is 11.9 Å². The van der Waals surface area contributed by atoms with E-state index in [1.165, 1.54) is 6.92 Å². The van der Waals surface area contributed by atoms with E-state index in [0.29, 0.717) is 52.4 Å². The van der Waals surface area contributed by atoms with E-state index in [1.807, 2.05) is 0 Å². The molecule has 0 spiro atoms. The van der Waals surface area contributed by atoms with Crippen molar-refractivity contribution in [3.05, 3.63) is 0 Å². The van der Waals surface area contributed by atoms with Gasteiger partial charge in [0.25, 0.3) is 0 Å². The zero-order chi connectivity index (χ0) is 17.2. The van der Waals surface area contributed by atoms with Crippen LogP contribution in [0.3, 0.4) is 0 Å². The number of amides is 1. The van der Waals surface area contributed by atoms with Crippen LogP contribution in [0.25, 0.3) is 0 Å². The SMILES string of the molecule is CC(=O)N1CCNCCN(CC(=O)O)CCN(CC(=O)O)CC1. The predicted octanol–water partition coefficient (Wildman–Crippen LogP) is -1.79. The standard InChI is InChI=1S/C14H26N4O5/c1-12(19)18-5-3-15-2-4-16(10-13(20)21)6-7-17(8-9-18)11-14(22)23/h15H,2-11H2,1H3,(H,20,21)(H,22,23). The molecule has 0 radical (unpaired) electrons. The van der Waals surface area contributed by atoms with Crippen LogP contribution >= 0.6 is 0 Å². The Bertz CT molecular complexity index is 418. The smallest absolute Gasteiger partial charge is 0.317 e. The van der Waals surface area contributed by atoms with E-state index in [-0.39, 0.29) is 19.0 Å². The van der Waals surface area contributed by atoms with Gasteiger partial charge in [-0.1, -0.05) is 0 Å². The number of carbonyl (C=O) groups is 3. The second-order valence-corrected chi connectivity index (χ2v) is 5.60. The number of hydrogen-bond donors (Lipinski definition) is 3. The van der Waals surface area contributed by atoms with Gasteiger partial charge in [0.05, 0.1) is 13.1 Å². The summed E-state index contributed by atoms with van der Waals surface area (Å²) < 4.78 is 0. The summed E-state index contributed by atoms with van der Waals surface area (Å²) in [6.07, 6.45) is 0. The largest absolute Gasteiger partial charge is 0.480 e. The van der Waals surface area contributed by atoms with Crippen molar-refractivity contribution in [3.63, 3.8) is 0 Å². The zero-order valence-electron chi connectivity index (χ0n) is 13.5. The number of nitrogens with zero attached hydrogens (tertiary/aromatic N) is 3. The van der Waals surface area contributed by atoms with Crippen molar-refractivity contribution in [2.24, 2.45) is 0 Å². The summed E-state index contributed by atoms with van der Waals surface area (Å²) in [6, 6.07) is 0. The highest BCUT2D eigenvalue weighted by atomic mass is 16.4. The molecule has 0 atom stereocenters. The number of rotatable bonds is 4. The topological polar surface area (TPSA) is 113 Å². The fourth-order valence-corrected chi connectivity index (χ4v) is 2.47. The van der Waals surface area contributed by atoms with Crippen molar-refractivity contribution >= 4 is 17.8 Å². The Morgan fingerprint density at radius 3 is 1.83 bits per heavy atom. The molecule has 1 fully saturated rings. The van der Waals surface area contributed by atoms with Gasteiger partial charge >= 0.3 is 11.9 Å². The molecule has 0 aromatic rings. The fraction of sp³-hybridized carbons (Fsp3) is 0.786. The first kappa shape index (κ1) is 19.3. The monoisotopic (exact) mass is 330 g/mol. The first-order chi connectivity index (χ1) is 10.9. The van der Waals surface area contributed by atoms with Gasteiger partial charge in [-0.05, 0) is 0 Å². The van der Waals surface area contributed by atoms with E-state index >= 15 is 0 Å². The van der Waals surface area contributed by atoms with Crippen molar-refractivity contribution in [2.45, 2.75) is 6.92 Å². The van der Waals surface area contributed by atoms with E-state index in [4.69, 9.17) is 10.2 Å². The quantitative estimate of drug-likeness (QED) is 0.554. The van der Waals surface area contributed by atoms with Gasteiger partial charge in [-0.3, -0.25) is 24.2 Å². The Balaban J connectivity index is 2.69. The van der Waals surface area contributed by atoms with E-state index in [2.05, 4.69) is 5.32 Å². The summed E-state index contributed by atoms with van der Waals surface area (Å²) >= 11 is 0. The third-order valence-electron chi connectivity index (χ3n) is 3.74. The molecule has 0 aliphatic carbocycles. The molecule has 1 amide bonds.